The molecule has 1 atom stereocenters. The zero-order valence-electron chi connectivity index (χ0n) is 12.6. The standard InChI is InChI=1S/C16H20FN3O.ClH/c1-16(10-18)6-7-20(11-16)8-14-9-21-15(19-14)12-2-4-13(17)5-3-12;/h2-5,9H,6-8,10-11,18H2,1H3;1H. The van der Waals surface area contributed by atoms with Gasteiger partial charge in [-0.25, -0.2) is 9.37 Å². The second-order valence-corrected chi connectivity index (χ2v) is 6.13. The smallest absolute Gasteiger partial charge is 0.226 e. The van der Waals surface area contributed by atoms with Crippen LogP contribution in [-0.2, 0) is 6.54 Å². The Bertz CT molecular complexity index is 616. The number of aromatic nitrogens is 1. The molecular formula is C16H21ClFN3O. The van der Waals surface area contributed by atoms with Gasteiger partial charge in [0.2, 0.25) is 5.89 Å². The van der Waals surface area contributed by atoms with Crippen LogP contribution in [0.2, 0.25) is 0 Å². The first-order valence-corrected chi connectivity index (χ1v) is 7.21. The molecule has 0 spiro atoms. The van der Waals surface area contributed by atoms with E-state index in [2.05, 4.69) is 16.8 Å². The summed E-state index contributed by atoms with van der Waals surface area (Å²) in [6.45, 7) is 5.72. The molecule has 1 aliphatic rings. The van der Waals surface area contributed by atoms with E-state index in [0.717, 1.165) is 37.3 Å². The highest BCUT2D eigenvalue weighted by Crippen LogP contribution is 2.29. The number of likely N-dealkylation sites (tertiary alicyclic amines) is 1. The highest BCUT2D eigenvalue weighted by Gasteiger charge is 2.32. The molecule has 2 heterocycles. The predicted octanol–water partition coefficient (Wildman–Crippen LogP) is 3.07. The van der Waals surface area contributed by atoms with Gasteiger partial charge in [-0.05, 0) is 49.2 Å². The summed E-state index contributed by atoms with van der Waals surface area (Å²) in [4.78, 5) is 6.83. The molecule has 2 N–H and O–H groups in total. The minimum Gasteiger partial charge on any atom is -0.444 e. The number of oxazole rings is 1. The molecule has 4 nitrogen and oxygen atoms in total. The molecule has 1 aromatic carbocycles. The molecule has 1 aromatic heterocycles. The van der Waals surface area contributed by atoms with Crippen molar-refractivity contribution in [1.29, 1.82) is 0 Å². The van der Waals surface area contributed by atoms with E-state index in [1.807, 2.05) is 0 Å². The fourth-order valence-corrected chi connectivity index (χ4v) is 2.76. The average Bonchev–Trinajstić information content (AvgIpc) is 3.08. The van der Waals surface area contributed by atoms with Crippen LogP contribution in [0.4, 0.5) is 4.39 Å². The Kier molecular flexibility index (Phi) is 5.21. The van der Waals surface area contributed by atoms with E-state index >= 15 is 0 Å². The van der Waals surface area contributed by atoms with Gasteiger partial charge in [-0.1, -0.05) is 6.92 Å². The van der Waals surface area contributed by atoms with Crippen LogP contribution >= 0.6 is 12.4 Å². The number of benzene rings is 1. The van der Waals surface area contributed by atoms with Crippen molar-refractivity contribution in [2.45, 2.75) is 19.9 Å². The lowest BCUT2D eigenvalue weighted by Gasteiger charge is -2.21. The van der Waals surface area contributed by atoms with Gasteiger partial charge in [-0.15, -0.1) is 12.4 Å². The fraction of sp³-hybridized carbons (Fsp3) is 0.438. The van der Waals surface area contributed by atoms with Gasteiger partial charge < -0.3 is 10.2 Å². The van der Waals surface area contributed by atoms with Crippen molar-refractivity contribution in [1.82, 2.24) is 9.88 Å². The van der Waals surface area contributed by atoms with E-state index < -0.39 is 0 Å². The minimum absolute atomic E-state index is 0. The van der Waals surface area contributed by atoms with Crippen molar-refractivity contribution in [3.8, 4) is 11.5 Å². The summed E-state index contributed by atoms with van der Waals surface area (Å²) in [5.41, 5.74) is 7.72. The molecular weight excluding hydrogens is 305 g/mol. The first kappa shape index (κ1) is 16.9. The van der Waals surface area contributed by atoms with Crippen molar-refractivity contribution in [3.63, 3.8) is 0 Å². The Morgan fingerprint density at radius 2 is 2.09 bits per heavy atom. The zero-order valence-corrected chi connectivity index (χ0v) is 13.4. The highest BCUT2D eigenvalue weighted by molar-refractivity contribution is 5.85. The Morgan fingerprint density at radius 3 is 2.73 bits per heavy atom. The van der Waals surface area contributed by atoms with Crippen LogP contribution in [0.3, 0.4) is 0 Å². The monoisotopic (exact) mass is 325 g/mol. The summed E-state index contributed by atoms with van der Waals surface area (Å²) in [7, 11) is 0. The summed E-state index contributed by atoms with van der Waals surface area (Å²) in [5.74, 6) is 0.273. The Hall–Kier alpha value is -1.43. The molecule has 1 aliphatic heterocycles. The molecule has 0 amide bonds. The van der Waals surface area contributed by atoms with Crippen LogP contribution in [0.5, 0.6) is 0 Å². The van der Waals surface area contributed by atoms with Gasteiger partial charge in [0.15, 0.2) is 0 Å². The van der Waals surface area contributed by atoms with Crippen LogP contribution in [0, 0.1) is 11.2 Å². The van der Waals surface area contributed by atoms with Crippen molar-refractivity contribution in [3.05, 3.63) is 42.0 Å². The maximum absolute atomic E-state index is 12.9. The third kappa shape index (κ3) is 3.66. The zero-order chi connectivity index (χ0) is 14.9. The van der Waals surface area contributed by atoms with Gasteiger partial charge in [0.25, 0.3) is 0 Å². The SMILES string of the molecule is CC1(CN)CCN(Cc2coc(-c3ccc(F)cc3)n2)C1.Cl. The summed E-state index contributed by atoms with van der Waals surface area (Å²) >= 11 is 0. The fourth-order valence-electron chi connectivity index (χ4n) is 2.76. The highest BCUT2D eigenvalue weighted by atomic mass is 35.5. The van der Waals surface area contributed by atoms with Crippen molar-refractivity contribution in [2.75, 3.05) is 19.6 Å². The van der Waals surface area contributed by atoms with Gasteiger partial charge in [0.1, 0.15) is 12.1 Å². The number of nitrogens with zero attached hydrogens (tertiary/aromatic N) is 2. The minimum atomic E-state index is -0.260. The van der Waals surface area contributed by atoms with Crippen LogP contribution in [0.1, 0.15) is 19.0 Å². The average molecular weight is 326 g/mol. The molecule has 120 valence electrons. The molecule has 0 bridgehead atoms. The molecule has 22 heavy (non-hydrogen) atoms. The quantitative estimate of drug-likeness (QED) is 0.938. The predicted molar refractivity (Wildman–Crippen MR) is 86.2 cm³/mol. The summed E-state index contributed by atoms with van der Waals surface area (Å²) in [6, 6.07) is 6.16. The third-order valence-corrected chi connectivity index (χ3v) is 4.16. The molecule has 6 heteroatoms. The van der Waals surface area contributed by atoms with Gasteiger partial charge in [-0.2, -0.15) is 0 Å². The lowest BCUT2D eigenvalue weighted by atomic mass is 9.90. The van der Waals surface area contributed by atoms with Crippen molar-refractivity contribution >= 4 is 12.4 Å². The third-order valence-electron chi connectivity index (χ3n) is 4.16. The Balaban J connectivity index is 0.00000176. The second kappa shape index (κ2) is 6.77. The van der Waals surface area contributed by atoms with Gasteiger partial charge >= 0.3 is 0 Å². The maximum atomic E-state index is 12.9. The van der Waals surface area contributed by atoms with E-state index in [1.54, 1.807) is 18.4 Å². The number of hydrogen-bond donors (Lipinski definition) is 1. The largest absolute Gasteiger partial charge is 0.444 e. The van der Waals surface area contributed by atoms with E-state index in [4.69, 9.17) is 10.2 Å². The summed E-state index contributed by atoms with van der Waals surface area (Å²) in [6.07, 6.45) is 2.79. The topological polar surface area (TPSA) is 55.3 Å². The van der Waals surface area contributed by atoms with Crippen LogP contribution < -0.4 is 5.73 Å². The first-order chi connectivity index (χ1) is 10.1. The summed E-state index contributed by atoms with van der Waals surface area (Å²) < 4.78 is 18.4. The summed E-state index contributed by atoms with van der Waals surface area (Å²) in [5, 5.41) is 0. The second-order valence-electron chi connectivity index (χ2n) is 6.13. The lowest BCUT2D eigenvalue weighted by molar-refractivity contribution is 0.272. The van der Waals surface area contributed by atoms with Gasteiger partial charge in [-0.3, -0.25) is 4.90 Å². The Labute approximate surface area is 135 Å². The normalized spacial score (nSPS) is 21.8. The molecule has 1 fully saturated rings. The van der Waals surface area contributed by atoms with E-state index in [0.29, 0.717) is 12.4 Å². The van der Waals surface area contributed by atoms with Crippen LogP contribution in [-0.4, -0.2) is 29.5 Å². The first-order valence-electron chi connectivity index (χ1n) is 7.21. The van der Waals surface area contributed by atoms with Gasteiger partial charge in [0.05, 0.1) is 5.69 Å². The lowest BCUT2D eigenvalue weighted by Crippen LogP contribution is -2.31. The van der Waals surface area contributed by atoms with E-state index in [-0.39, 0.29) is 23.6 Å². The van der Waals surface area contributed by atoms with E-state index in [1.165, 1.54) is 12.1 Å². The van der Waals surface area contributed by atoms with Crippen LogP contribution in [0.25, 0.3) is 11.5 Å². The number of nitrogens with two attached hydrogens (primary N) is 1. The molecule has 1 saturated heterocycles. The number of halogens is 2. The van der Waals surface area contributed by atoms with Crippen molar-refractivity contribution < 1.29 is 8.81 Å². The Morgan fingerprint density at radius 1 is 1.36 bits per heavy atom. The number of hydrogen-bond acceptors (Lipinski definition) is 4. The molecule has 1 unspecified atom stereocenters. The number of rotatable bonds is 4. The molecule has 0 radical (unpaired) electrons. The maximum Gasteiger partial charge on any atom is 0.226 e. The van der Waals surface area contributed by atoms with Crippen LogP contribution in [0.15, 0.2) is 34.9 Å². The van der Waals surface area contributed by atoms with Gasteiger partial charge in [0, 0.05) is 18.7 Å². The molecule has 0 saturated carbocycles. The van der Waals surface area contributed by atoms with Crippen molar-refractivity contribution in [2.24, 2.45) is 11.1 Å². The molecule has 0 aliphatic carbocycles. The molecule has 2 aromatic rings. The van der Waals surface area contributed by atoms with E-state index in [9.17, 15) is 4.39 Å². The molecule has 3 rings (SSSR count).